The fraction of sp³-hybridized carbons (Fsp3) is 0.333. The number of carbonyl (C=O) groups excluding carboxylic acids is 1. The number of imidazole rings is 1. The van der Waals surface area contributed by atoms with Gasteiger partial charge >= 0.3 is 6.18 Å². The summed E-state index contributed by atoms with van der Waals surface area (Å²) in [5.74, 6) is -0.500. The third-order valence-electron chi connectivity index (χ3n) is 2.77. The Balaban J connectivity index is 2.58. The number of aryl methyl sites for hydroxylation is 1. The van der Waals surface area contributed by atoms with Gasteiger partial charge in [0.1, 0.15) is 11.3 Å². The Kier molecular flexibility index (Phi) is 3.67. The molecule has 0 aliphatic rings. The average molecular weight is 286 g/mol. The molecule has 0 atom stereocenters. The number of pyridine rings is 1. The summed E-state index contributed by atoms with van der Waals surface area (Å²) in [5, 5.41) is 2.52. The number of carbonyl (C=O) groups is 1. The zero-order chi connectivity index (χ0) is 14.9. The van der Waals surface area contributed by atoms with E-state index in [0.29, 0.717) is 0 Å². The Morgan fingerprint density at radius 1 is 1.50 bits per heavy atom. The van der Waals surface area contributed by atoms with Gasteiger partial charge in [0.15, 0.2) is 0 Å². The first kappa shape index (κ1) is 14.3. The first-order chi connectivity index (χ1) is 9.36. The van der Waals surface area contributed by atoms with Gasteiger partial charge in [-0.3, -0.25) is 9.20 Å². The number of aromatic nitrogens is 2. The highest BCUT2D eigenvalue weighted by Gasteiger charge is 2.34. The fourth-order valence-corrected chi connectivity index (χ4v) is 1.95. The average Bonchev–Trinajstić information content (AvgIpc) is 2.70. The molecular weight excluding hydrogens is 273 g/mol. The summed E-state index contributed by atoms with van der Waals surface area (Å²) in [6.07, 6.45) is -3.15. The van der Waals surface area contributed by atoms with Gasteiger partial charge in [-0.05, 0) is 19.1 Å². The van der Waals surface area contributed by atoms with Gasteiger partial charge in [0, 0.05) is 19.3 Å². The Morgan fingerprint density at radius 2 is 2.20 bits per heavy atom. The molecule has 0 aliphatic heterocycles. The Labute approximate surface area is 112 Å². The highest BCUT2D eigenvalue weighted by atomic mass is 19.4. The summed E-state index contributed by atoms with van der Waals surface area (Å²) in [5.41, 5.74) is 4.44. The van der Waals surface area contributed by atoms with Gasteiger partial charge in [0.05, 0.1) is 11.3 Å². The maximum atomic E-state index is 12.9. The smallest absolute Gasteiger partial charge is 0.349 e. The van der Waals surface area contributed by atoms with E-state index in [1.807, 2.05) is 0 Å². The van der Waals surface area contributed by atoms with Crippen LogP contribution >= 0.6 is 0 Å². The van der Waals surface area contributed by atoms with Crippen molar-refractivity contribution in [2.45, 2.75) is 13.1 Å². The number of halogens is 3. The predicted molar refractivity (Wildman–Crippen MR) is 66.3 cm³/mol. The molecule has 0 aliphatic carbocycles. The van der Waals surface area contributed by atoms with Gasteiger partial charge in [-0.25, -0.2) is 4.98 Å². The Bertz CT molecular complexity index is 648. The second-order valence-corrected chi connectivity index (χ2v) is 4.20. The molecule has 2 heterocycles. The summed E-state index contributed by atoms with van der Waals surface area (Å²) in [7, 11) is 0. The van der Waals surface area contributed by atoms with E-state index in [1.54, 1.807) is 0 Å². The Morgan fingerprint density at radius 3 is 2.80 bits per heavy atom. The zero-order valence-electron chi connectivity index (χ0n) is 10.7. The number of amides is 1. The summed E-state index contributed by atoms with van der Waals surface area (Å²) < 4.78 is 39.8. The minimum absolute atomic E-state index is 0.0829. The molecule has 0 aromatic carbocycles. The van der Waals surface area contributed by atoms with Crippen molar-refractivity contribution in [3.63, 3.8) is 0 Å². The standard InChI is InChI=1S/C12H13F3N4O/c1-7-9(11(20)17-5-4-16)19-6-2-3-8(10(19)18-7)12(13,14)15/h2-3,6H,4-5,16H2,1H3,(H,17,20). The molecule has 108 valence electrons. The predicted octanol–water partition coefficient (Wildman–Crippen LogP) is 1.35. The second kappa shape index (κ2) is 5.12. The zero-order valence-corrected chi connectivity index (χ0v) is 10.7. The summed E-state index contributed by atoms with van der Waals surface area (Å²) >= 11 is 0. The van der Waals surface area contributed by atoms with Gasteiger partial charge in [-0.2, -0.15) is 13.2 Å². The van der Waals surface area contributed by atoms with E-state index >= 15 is 0 Å². The van der Waals surface area contributed by atoms with E-state index in [-0.39, 0.29) is 30.1 Å². The number of hydrogen-bond acceptors (Lipinski definition) is 3. The minimum atomic E-state index is -4.52. The van der Waals surface area contributed by atoms with Crippen LogP contribution < -0.4 is 11.1 Å². The van der Waals surface area contributed by atoms with Crippen LogP contribution in [0.25, 0.3) is 5.65 Å². The molecule has 2 aromatic rings. The Hall–Kier alpha value is -2.09. The highest BCUT2D eigenvalue weighted by molar-refractivity contribution is 5.94. The first-order valence-electron chi connectivity index (χ1n) is 5.89. The summed E-state index contributed by atoms with van der Waals surface area (Å²) in [4.78, 5) is 15.8. The molecule has 0 bridgehead atoms. The van der Waals surface area contributed by atoms with Crippen molar-refractivity contribution in [3.05, 3.63) is 35.3 Å². The summed E-state index contributed by atoms with van der Waals surface area (Å²) in [6.45, 7) is 1.98. The lowest BCUT2D eigenvalue weighted by Gasteiger charge is -2.08. The molecule has 0 fully saturated rings. The molecule has 0 spiro atoms. The van der Waals surface area contributed by atoms with Crippen LogP contribution in [-0.2, 0) is 6.18 Å². The van der Waals surface area contributed by atoms with Gasteiger partial charge < -0.3 is 11.1 Å². The molecule has 8 heteroatoms. The van der Waals surface area contributed by atoms with Gasteiger partial charge in [-0.15, -0.1) is 0 Å². The van der Waals surface area contributed by atoms with E-state index in [9.17, 15) is 18.0 Å². The van der Waals surface area contributed by atoms with Crippen LogP contribution in [0.4, 0.5) is 13.2 Å². The molecule has 3 N–H and O–H groups in total. The van der Waals surface area contributed by atoms with E-state index in [2.05, 4.69) is 10.3 Å². The van der Waals surface area contributed by atoms with Crippen molar-refractivity contribution in [3.8, 4) is 0 Å². The molecule has 1 amide bonds. The fourth-order valence-electron chi connectivity index (χ4n) is 1.95. The SMILES string of the molecule is Cc1nc2c(C(F)(F)F)cccn2c1C(=O)NCCN. The molecule has 0 saturated carbocycles. The van der Waals surface area contributed by atoms with E-state index in [1.165, 1.54) is 19.2 Å². The van der Waals surface area contributed by atoms with Crippen LogP contribution in [0.5, 0.6) is 0 Å². The van der Waals surface area contributed by atoms with Crippen molar-refractivity contribution >= 4 is 11.6 Å². The third kappa shape index (κ3) is 2.46. The maximum Gasteiger partial charge on any atom is 0.419 e. The maximum absolute atomic E-state index is 12.9. The normalized spacial score (nSPS) is 11.8. The minimum Gasteiger partial charge on any atom is -0.349 e. The molecule has 0 saturated heterocycles. The number of nitrogens with one attached hydrogen (secondary N) is 1. The van der Waals surface area contributed by atoms with Crippen LogP contribution in [0.3, 0.4) is 0 Å². The molecule has 20 heavy (non-hydrogen) atoms. The van der Waals surface area contributed by atoms with Crippen molar-refractivity contribution < 1.29 is 18.0 Å². The van der Waals surface area contributed by atoms with Gasteiger partial charge in [0.25, 0.3) is 5.91 Å². The number of nitrogens with zero attached hydrogens (tertiary/aromatic N) is 2. The van der Waals surface area contributed by atoms with Gasteiger partial charge in [-0.1, -0.05) is 0 Å². The van der Waals surface area contributed by atoms with Crippen molar-refractivity contribution in [2.75, 3.05) is 13.1 Å². The summed E-state index contributed by atoms with van der Waals surface area (Å²) in [6, 6.07) is 2.17. The number of rotatable bonds is 3. The van der Waals surface area contributed by atoms with Crippen LogP contribution in [0.15, 0.2) is 18.3 Å². The van der Waals surface area contributed by atoms with E-state index in [0.717, 1.165) is 10.5 Å². The van der Waals surface area contributed by atoms with Crippen molar-refractivity contribution in [2.24, 2.45) is 5.73 Å². The lowest BCUT2D eigenvalue weighted by molar-refractivity contribution is -0.136. The number of nitrogens with two attached hydrogens (primary N) is 1. The van der Waals surface area contributed by atoms with Crippen LogP contribution in [0.2, 0.25) is 0 Å². The third-order valence-corrected chi connectivity index (χ3v) is 2.77. The number of hydrogen-bond donors (Lipinski definition) is 2. The second-order valence-electron chi connectivity index (χ2n) is 4.20. The van der Waals surface area contributed by atoms with E-state index < -0.39 is 17.6 Å². The van der Waals surface area contributed by atoms with E-state index in [4.69, 9.17) is 5.73 Å². The van der Waals surface area contributed by atoms with Crippen LogP contribution in [0.1, 0.15) is 21.7 Å². The van der Waals surface area contributed by atoms with Crippen LogP contribution in [0, 0.1) is 6.92 Å². The first-order valence-corrected chi connectivity index (χ1v) is 5.89. The highest BCUT2D eigenvalue weighted by Crippen LogP contribution is 2.32. The van der Waals surface area contributed by atoms with Crippen molar-refractivity contribution in [1.82, 2.24) is 14.7 Å². The van der Waals surface area contributed by atoms with Gasteiger partial charge in [0.2, 0.25) is 0 Å². The lowest BCUT2D eigenvalue weighted by Crippen LogP contribution is -2.30. The molecule has 5 nitrogen and oxygen atoms in total. The number of alkyl halides is 3. The molecule has 0 radical (unpaired) electrons. The molecule has 2 aromatic heterocycles. The topological polar surface area (TPSA) is 72.4 Å². The number of fused-ring (bicyclic) bond motifs is 1. The largest absolute Gasteiger partial charge is 0.419 e. The lowest BCUT2D eigenvalue weighted by atomic mass is 10.2. The molecule has 2 rings (SSSR count). The monoisotopic (exact) mass is 286 g/mol. The molecular formula is C12H13F3N4O. The molecule has 0 unspecified atom stereocenters. The van der Waals surface area contributed by atoms with Crippen molar-refractivity contribution in [1.29, 1.82) is 0 Å². The van der Waals surface area contributed by atoms with Crippen LogP contribution in [-0.4, -0.2) is 28.4 Å². The quantitative estimate of drug-likeness (QED) is 0.894.